The summed E-state index contributed by atoms with van der Waals surface area (Å²) >= 11 is 0. The van der Waals surface area contributed by atoms with Gasteiger partial charge in [0.2, 0.25) is 0 Å². The number of hydrogen-bond acceptors (Lipinski definition) is 2. The molecule has 0 bridgehead atoms. The van der Waals surface area contributed by atoms with Gasteiger partial charge < -0.3 is 10.2 Å². The van der Waals surface area contributed by atoms with E-state index in [4.69, 9.17) is 0 Å². The van der Waals surface area contributed by atoms with Crippen molar-refractivity contribution in [2.45, 2.75) is 58.5 Å². The lowest BCUT2D eigenvalue weighted by molar-refractivity contribution is 0.264. The Morgan fingerprint density at radius 1 is 1.33 bits per heavy atom. The van der Waals surface area contributed by atoms with Crippen LogP contribution < -0.4 is 5.32 Å². The fourth-order valence-corrected chi connectivity index (χ4v) is 2.00. The minimum Gasteiger partial charge on any atom is -0.312 e. The summed E-state index contributed by atoms with van der Waals surface area (Å²) in [5.41, 5.74) is 0. The Kier molecular flexibility index (Phi) is 5.62. The van der Waals surface area contributed by atoms with Gasteiger partial charge in [0, 0.05) is 25.2 Å². The first-order valence-corrected chi connectivity index (χ1v) is 6.58. The zero-order valence-electron chi connectivity index (χ0n) is 10.9. The predicted molar refractivity (Wildman–Crippen MR) is 67.2 cm³/mol. The maximum absolute atomic E-state index is 3.73. The second kappa shape index (κ2) is 6.49. The van der Waals surface area contributed by atoms with E-state index in [1.165, 1.54) is 32.2 Å². The summed E-state index contributed by atoms with van der Waals surface area (Å²) in [6, 6.07) is 1.47. The van der Waals surface area contributed by atoms with E-state index in [2.05, 4.69) is 38.0 Å². The van der Waals surface area contributed by atoms with Crippen LogP contribution in [0.25, 0.3) is 0 Å². The summed E-state index contributed by atoms with van der Waals surface area (Å²) < 4.78 is 0. The van der Waals surface area contributed by atoms with Gasteiger partial charge in [-0.05, 0) is 46.1 Å². The smallest absolute Gasteiger partial charge is 0.0107 e. The highest BCUT2D eigenvalue weighted by Crippen LogP contribution is 2.34. The van der Waals surface area contributed by atoms with Crippen molar-refractivity contribution in [3.8, 4) is 0 Å². The molecule has 0 heterocycles. The highest BCUT2D eigenvalue weighted by Gasteiger charge is 2.29. The van der Waals surface area contributed by atoms with Crippen LogP contribution in [0.15, 0.2) is 0 Å². The highest BCUT2D eigenvalue weighted by molar-refractivity contribution is 4.86. The van der Waals surface area contributed by atoms with Gasteiger partial charge in [0.1, 0.15) is 0 Å². The summed E-state index contributed by atoms with van der Waals surface area (Å²) in [5, 5.41) is 3.73. The SMILES string of the molecule is CCCC(NCCN(C)C(C)C)C1CC1. The molecule has 0 radical (unpaired) electrons. The Morgan fingerprint density at radius 2 is 2.00 bits per heavy atom. The van der Waals surface area contributed by atoms with Gasteiger partial charge in [0.15, 0.2) is 0 Å². The Hall–Kier alpha value is -0.0800. The molecule has 1 saturated carbocycles. The molecule has 1 N–H and O–H groups in total. The van der Waals surface area contributed by atoms with Gasteiger partial charge in [-0.2, -0.15) is 0 Å². The topological polar surface area (TPSA) is 15.3 Å². The summed E-state index contributed by atoms with van der Waals surface area (Å²) in [6.45, 7) is 9.12. The largest absolute Gasteiger partial charge is 0.312 e. The van der Waals surface area contributed by atoms with Crippen molar-refractivity contribution in [1.29, 1.82) is 0 Å². The summed E-state index contributed by atoms with van der Waals surface area (Å²) in [7, 11) is 2.21. The molecule has 2 nitrogen and oxygen atoms in total. The summed E-state index contributed by atoms with van der Waals surface area (Å²) in [4.78, 5) is 2.41. The van der Waals surface area contributed by atoms with Crippen LogP contribution in [0.5, 0.6) is 0 Å². The van der Waals surface area contributed by atoms with E-state index in [9.17, 15) is 0 Å². The van der Waals surface area contributed by atoms with E-state index >= 15 is 0 Å². The van der Waals surface area contributed by atoms with E-state index in [1.54, 1.807) is 0 Å². The summed E-state index contributed by atoms with van der Waals surface area (Å²) in [6.07, 6.45) is 5.58. The molecule has 0 aliphatic heterocycles. The van der Waals surface area contributed by atoms with Crippen molar-refractivity contribution >= 4 is 0 Å². The predicted octanol–water partition coefficient (Wildman–Crippen LogP) is 2.49. The van der Waals surface area contributed by atoms with Crippen LogP contribution in [0, 0.1) is 5.92 Å². The zero-order chi connectivity index (χ0) is 11.3. The van der Waals surface area contributed by atoms with Gasteiger partial charge in [-0.15, -0.1) is 0 Å². The Morgan fingerprint density at radius 3 is 2.47 bits per heavy atom. The zero-order valence-corrected chi connectivity index (χ0v) is 10.9. The minimum absolute atomic E-state index is 0.664. The first-order valence-electron chi connectivity index (χ1n) is 6.58. The minimum atomic E-state index is 0.664. The molecule has 0 aromatic carbocycles. The van der Waals surface area contributed by atoms with Gasteiger partial charge >= 0.3 is 0 Å². The molecule has 1 atom stereocenters. The average Bonchev–Trinajstić information content (AvgIpc) is 2.99. The number of rotatable bonds is 8. The lowest BCUT2D eigenvalue weighted by Gasteiger charge is -2.23. The van der Waals surface area contributed by atoms with Gasteiger partial charge in [0.05, 0.1) is 0 Å². The summed E-state index contributed by atoms with van der Waals surface area (Å²) in [5.74, 6) is 0.995. The standard InChI is InChI=1S/C13H28N2/c1-5-6-13(12-7-8-12)14-9-10-15(4)11(2)3/h11-14H,5-10H2,1-4H3. The molecule has 0 aromatic heterocycles. The maximum atomic E-state index is 3.73. The van der Waals surface area contributed by atoms with Crippen LogP contribution in [-0.2, 0) is 0 Å². The third-order valence-corrected chi connectivity index (χ3v) is 3.54. The van der Waals surface area contributed by atoms with Gasteiger partial charge in [-0.25, -0.2) is 0 Å². The number of nitrogens with zero attached hydrogens (tertiary/aromatic N) is 1. The van der Waals surface area contributed by atoms with Crippen molar-refractivity contribution in [2.24, 2.45) is 5.92 Å². The molecular weight excluding hydrogens is 184 g/mol. The van der Waals surface area contributed by atoms with E-state index in [-0.39, 0.29) is 0 Å². The lowest BCUT2D eigenvalue weighted by atomic mass is 10.1. The third-order valence-electron chi connectivity index (χ3n) is 3.54. The van der Waals surface area contributed by atoms with E-state index in [0.29, 0.717) is 6.04 Å². The van der Waals surface area contributed by atoms with Gasteiger partial charge in [-0.3, -0.25) is 0 Å². The normalized spacial score (nSPS) is 18.8. The Bertz CT molecular complexity index is 164. The van der Waals surface area contributed by atoms with Crippen LogP contribution in [0.4, 0.5) is 0 Å². The molecule has 2 heteroatoms. The third kappa shape index (κ3) is 4.98. The number of likely N-dealkylation sites (N-methyl/N-ethyl adjacent to an activating group) is 1. The molecule has 0 spiro atoms. The molecule has 15 heavy (non-hydrogen) atoms. The fourth-order valence-electron chi connectivity index (χ4n) is 2.00. The van der Waals surface area contributed by atoms with Crippen LogP contribution in [0.3, 0.4) is 0 Å². The molecule has 1 aliphatic carbocycles. The van der Waals surface area contributed by atoms with Crippen LogP contribution >= 0.6 is 0 Å². The second-order valence-electron chi connectivity index (χ2n) is 5.26. The Balaban J connectivity index is 2.10. The molecule has 1 rings (SSSR count). The molecule has 0 saturated heterocycles. The Labute approximate surface area is 95.4 Å². The molecule has 1 aliphatic rings. The lowest BCUT2D eigenvalue weighted by Crippen LogP contribution is -2.39. The molecule has 1 fully saturated rings. The highest BCUT2D eigenvalue weighted by atomic mass is 15.1. The van der Waals surface area contributed by atoms with Crippen molar-refractivity contribution < 1.29 is 0 Å². The van der Waals surface area contributed by atoms with Crippen LogP contribution in [-0.4, -0.2) is 37.1 Å². The molecule has 1 unspecified atom stereocenters. The van der Waals surface area contributed by atoms with Gasteiger partial charge in [0.25, 0.3) is 0 Å². The van der Waals surface area contributed by atoms with E-state index < -0.39 is 0 Å². The van der Waals surface area contributed by atoms with Crippen molar-refractivity contribution in [3.05, 3.63) is 0 Å². The number of nitrogens with one attached hydrogen (secondary N) is 1. The van der Waals surface area contributed by atoms with Gasteiger partial charge in [-0.1, -0.05) is 13.3 Å². The second-order valence-corrected chi connectivity index (χ2v) is 5.26. The average molecular weight is 212 g/mol. The monoisotopic (exact) mass is 212 g/mol. The molecule has 90 valence electrons. The quantitative estimate of drug-likeness (QED) is 0.665. The molecule has 0 aromatic rings. The van der Waals surface area contributed by atoms with Crippen LogP contribution in [0.1, 0.15) is 46.5 Å². The number of hydrogen-bond donors (Lipinski definition) is 1. The fraction of sp³-hybridized carbons (Fsp3) is 1.00. The van der Waals surface area contributed by atoms with E-state index in [0.717, 1.165) is 18.5 Å². The van der Waals surface area contributed by atoms with E-state index in [1.807, 2.05) is 0 Å². The molecular formula is C13H28N2. The first kappa shape index (κ1) is 13.0. The van der Waals surface area contributed by atoms with Crippen molar-refractivity contribution in [2.75, 3.05) is 20.1 Å². The van der Waals surface area contributed by atoms with Crippen molar-refractivity contribution in [1.82, 2.24) is 10.2 Å². The van der Waals surface area contributed by atoms with Crippen molar-refractivity contribution in [3.63, 3.8) is 0 Å². The molecule has 0 amide bonds. The maximum Gasteiger partial charge on any atom is 0.0107 e. The van der Waals surface area contributed by atoms with Crippen LogP contribution in [0.2, 0.25) is 0 Å². The first-order chi connectivity index (χ1) is 7.15.